The maximum Gasteiger partial charge on any atom is 0.339 e. The number of ether oxygens (including phenoxy) is 1. The lowest BCUT2D eigenvalue weighted by Gasteiger charge is -2.26. The molecule has 39 heavy (non-hydrogen) atoms. The molecule has 0 aliphatic rings. The molecule has 1 atom stereocenters. The molecule has 0 spiro atoms. The Morgan fingerprint density at radius 1 is 0.641 bits per heavy atom. The van der Waals surface area contributed by atoms with Crippen LogP contribution in [0.2, 0.25) is 0 Å². The van der Waals surface area contributed by atoms with Crippen molar-refractivity contribution in [3.63, 3.8) is 0 Å². The van der Waals surface area contributed by atoms with Crippen molar-refractivity contribution in [1.82, 2.24) is 4.31 Å². The van der Waals surface area contributed by atoms with E-state index in [4.69, 9.17) is 8.92 Å². The third-order valence-corrected chi connectivity index (χ3v) is 8.61. The molecule has 0 saturated heterocycles. The van der Waals surface area contributed by atoms with E-state index in [9.17, 15) is 23.1 Å². The van der Waals surface area contributed by atoms with E-state index in [2.05, 4.69) is 13.8 Å². The van der Waals surface area contributed by atoms with Gasteiger partial charge in [-0.2, -0.15) is 12.7 Å². The van der Waals surface area contributed by atoms with Crippen molar-refractivity contribution in [1.29, 1.82) is 0 Å². The van der Waals surface area contributed by atoms with Crippen LogP contribution in [0, 0.1) is 0 Å². The van der Waals surface area contributed by atoms with Crippen molar-refractivity contribution in [2.45, 2.75) is 162 Å². The zero-order valence-electron chi connectivity index (χ0n) is 25.3. The van der Waals surface area contributed by atoms with Crippen molar-refractivity contribution in [3.05, 3.63) is 0 Å². The lowest BCUT2D eigenvalue weighted by Crippen LogP contribution is -2.47. The molecule has 0 aromatic carbocycles. The molecule has 1 N–H and O–H groups in total. The summed E-state index contributed by atoms with van der Waals surface area (Å²) in [7, 11) is -4.26. The molecule has 0 aromatic heterocycles. The molecule has 232 valence electrons. The molecule has 0 rings (SSSR count). The highest BCUT2D eigenvalue weighted by atomic mass is 32.2. The number of rotatable bonds is 29. The second-order valence-electron chi connectivity index (χ2n) is 10.6. The number of carbonyl (C=O) groups excluding carboxylic acids is 1. The second-order valence-corrected chi connectivity index (χ2v) is 12.2. The molecule has 0 heterocycles. The molecule has 0 radical (unpaired) electrons. The van der Waals surface area contributed by atoms with Crippen LogP contribution in [0.1, 0.15) is 156 Å². The van der Waals surface area contributed by atoms with Gasteiger partial charge in [0.1, 0.15) is 6.04 Å². The summed E-state index contributed by atoms with van der Waals surface area (Å²) in [6.07, 6.45) is 22.0. The quantitative estimate of drug-likeness (QED) is 0.0713. The molecular formula is C30H59NO7S. The average Bonchev–Trinajstić information content (AvgIpc) is 2.89. The van der Waals surface area contributed by atoms with Crippen molar-refractivity contribution in [3.8, 4) is 0 Å². The number of carboxylic acid groups (broad SMARTS) is 1. The van der Waals surface area contributed by atoms with Crippen molar-refractivity contribution < 1.29 is 32.0 Å². The maximum atomic E-state index is 12.8. The van der Waals surface area contributed by atoms with Gasteiger partial charge in [0.2, 0.25) is 0 Å². The number of carboxylic acids is 1. The summed E-state index contributed by atoms with van der Waals surface area (Å²) in [6.45, 7) is 6.08. The largest absolute Gasteiger partial charge is 0.481 e. The third-order valence-electron chi connectivity index (χ3n) is 7.06. The first-order valence-corrected chi connectivity index (χ1v) is 17.2. The highest BCUT2D eigenvalue weighted by molar-refractivity contribution is 7.84. The predicted molar refractivity (Wildman–Crippen MR) is 158 cm³/mol. The molecule has 0 aromatic rings. The van der Waals surface area contributed by atoms with Crippen LogP contribution in [0.3, 0.4) is 0 Å². The van der Waals surface area contributed by atoms with Gasteiger partial charge in [-0.3, -0.25) is 13.8 Å². The monoisotopic (exact) mass is 577 g/mol. The first kappa shape index (κ1) is 37.8. The number of nitrogens with zero attached hydrogens (tertiary/aromatic N) is 1. The van der Waals surface area contributed by atoms with Gasteiger partial charge in [0, 0.05) is 6.54 Å². The Morgan fingerprint density at radius 2 is 1.03 bits per heavy atom. The van der Waals surface area contributed by atoms with Crippen LogP contribution in [0.15, 0.2) is 0 Å². The van der Waals surface area contributed by atoms with E-state index < -0.39 is 34.7 Å². The number of esters is 1. The fourth-order valence-electron chi connectivity index (χ4n) is 4.68. The SMILES string of the molecule is CCCCCCCCCCCCOC(=O)[C@H](CC(=O)O)N(CC)S(=O)(=O)OCCCCCCCCCCCC. The minimum Gasteiger partial charge on any atom is -0.481 e. The van der Waals surface area contributed by atoms with Crippen molar-refractivity contribution in [2.75, 3.05) is 19.8 Å². The van der Waals surface area contributed by atoms with Crippen molar-refractivity contribution in [2.24, 2.45) is 0 Å². The zero-order chi connectivity index (χ0) is 29.2. The van der Waals surface area contributed by atoms with E-state index in [1.807, 2.05) is 0 Å². The van der Waals surface area contributed by atoms with E-state index in [1.54, 1.807) is 6.92 Å². The molecule has 0 aliphatic carbocycles. The standard InChI is InChI=1S/C30H59NO7S/c1-4-7-9-11-13-15-17-19-21-23-25-37-30(34)28(27-29(32)33)31(6-3)39(35,36)38-26-24-22-20-18-16-14-12-10-8-5-2/h28H,4-27H2,1-3H3,(H,32,33)/t28-/m0/s1. The first-order valence-electron chi connectivity index (χ1n) is 15.8. The molecule has 0 bridgehead atoms. The van der Waals surface area contributed by atoms with Gasteiger partial charge in [0.25, 0.3) is 0 Å². The Kier molecular flexibility index (Phi) is 25.0. The van der Waals surface area contributed by atoms with Crippen LogP contribution in [0.5, 0.6) is 0 Å². The van der Waals surface area contributed by atoms with Crippen LogP contribution in [-0.4, -0.2) is 55.6 Å². The highest BCUT2D eigenvalue weighted by Crippen LogP contribution is 2.17. The number of carbonyl (C=O) groups is 2. The normalized spacial score (nSPS) is 12.6. The summed E-state index contributed by atoms with van der Waals surface area (Å²) in [5.41, 5.74) is 0. The predicted octanol–water partition coefficient (Wildman–Crippen LogP) is 7.80. The summed E-state index contributed by atoms with van der Waals surface area (Å²) in [5, 5.41) is 9.31. The Balaban J connectivity index is 4.38. The molecular weight excluding hydrogens is 518 g/mol. The fourth-order valence-corrected chi connectivity index (χ4v) is 5.93. The molecule has 0 fully saturated rings. The summed E-state index contributed by atoms with van der Waals surface area (Å²) in [6, 6.07) is -1.44. The highest BCUT2D eigenvalue weighted by Gasteiger charge is 2.37. The smallest absolute Gasteiger partial charge is 0.339 e. The van der Waals surface area contributed by atoms with Crippen LogP contribution in [0.25, 0.3) is 0 Å². The van der Waals surface area contributed by atoms with E-state index in [-0.39, 0.29) is 19.8 Å². The number of likely N-dealkylation sites (N-methyl/N-ethyl adjacent to an activating group) is 1. The summed E-state index contributed by atoms with van der Waals surface area (Å²) < 4.78 is 36.9. The van der Waals surface area contributed by atoms with E-state index in [1.165, 1.54) is 77.0 Å². The fraction of sp³-hybridized carbons (Fsp3) is 0.933. The van der Waals surface area contributed by atoms with Gasteiger partial charge in [-0.1, -0.05) is 136 Å². The Morgan fingerprint density at radius 3 is 1.41 bits per heavy atom. The van der Waals surface area contributed by atoms with E-state index in [0.29, 0.717) is 12.8 Å². The van der Waals surface area contributed by atoms with Crippen LogP contribution in [-0.2, 0) is 28.8 Å². The topological polar surface area (TPSA) is 110 Å². The minimum absolute atomic E-state index is 0.0166. The first-order chi connectivity index (χ1) is 18.8. The summed E-state index contributed by atoms with van der Waals surface area (Å²) in [5.74, 6) is -2.10. The van der Waals surface area contributed by atoms with Gasteiger partial charge in [0.15, 0.2) is 0 Å². The summed E-state index contributed by atoms with van der Waals surface area (Å²) >= 11 is 0. The number of hydrogen-bond acceptors (Lipinski definition) is 6. The minimum atomic E-state index is -4.26. The Labute approximate surface area is 239 Å². The number of hydrogen-bond donors (Lipinski definition) is 1. The maximum absolute atomic E-state index is 12.8. The van der Waals surface area contributed by atoms with Gasteiger partial charge in [-0.15, -0.1) is 0 Å². The Hall–Kier alpha value is -1.19. The second kappa shape index (κ2) is 25.8. The van der Waals surface area contributed by atoms with Gasteiger partial charge in [-0.25, -0.2) is 0 Å². The number of unbranched alkanes of at least 4 members (excludes halogenated alkanes) is 18. The molecule has 9 heteroatoms. The molecule has 0 saturated carbocycles. The van der Waals surface area contributed by atoms with Crippen molar-refractivity contribution >= 4 is 22.2 Å². The molecule has 0 unspecified atom stereocenters. The van der Waals surface area contributed by atoms with E-state index in [0.717, 1.165) is 42.8 Å². The Bertz CT molecular complexity index is 699. The third kappa shape index (κ3) is 21.3. The molecule has 0 aliphatic heterocycles. The average molecular weight is 578 g/mol. The number of aliphatic carboxylic acids is 1. The van der Waals surface area contributed by atoms with Gasteiger partial charge in [-0.05, 0) is 12.8 Å². The van der Waals surface area contributed by atoms with Crippen LogP contribution < -0.4 is 0 Å². The zero-order valence-corrected chi connectivity index (χ0v) is 26.1. The molecule has 8 nitrogen and oxygen atoms in total. The molecule has 0 amide bonds. The van der Waals surface area contributed by atoms with Gasteiger partial charge >= 0.3 is 22.2 Å². The van der Waals surface area contributed by atoms with Gasteiger partial charge < -0.3 is 9.84 Å². The lowest BCUT2D eigenvalue weighted by atomic mass is 10.1. The van der Waals surface area contributed by atoms with Crippen LogP contribution in [0.4, 0.5) is 0 Å². The van der Waals surface area contributed by atoms with Gasteiger partial charge in [0.05, 0.1) is 19.6 Å². The van der Waals surface area contributed by atoms with Crippen LogP contribution >= 0.6 is 0 Å². The lowest BCUT2D eigenvalue weighted by molar-refractivity contribution is -0.153. The summed E-state index contributed by atoms with van der Waals surface area (Å²) in [4.78, 5) is 24.1. The van der Waals surface area contributed by atoms with E-state index >= 15 is 0 Å².